The highest BCUT2D eigenvalue weighted by Gasteiger charge is 2.20. The Morgan fingerprint density at radius 3 is 2.86 bits per heavy atom. The lowest BCUT2D eigenvalue weighted by Crippen LogP contribution is -2.35. The fourth-order valence-corrected chi connectivity index (χ4v) is 2.85. The summed E-state index contributed by atoms with van der Waals surface area (Å²) in [4.78, 5) is 0. The first-order chi connectivity index (χ1) is 6.67. The molecule has 0 unspecified atom stereocenters. The summed E-state index contributed by atoms with van der Waals surface area (Å²) in [5.41, 5.74) is 0. The predicted octanol–water partition coefficient (Wildman–Crippen LogP) is 0.188. The highest BCUT2D eigenvalue weighted by atomic mass is 32.2. The van der Waals surface area contributed by atoms with Gasteiger partial charge in [-0.05, 0) is 19.9 Å². The molecule has 0 amide bonds. The van der Waals surface area contributed by atoms with Crippen molar-refractivity contribution in [1.29, 1.82) is 0 Å². The van der Waals surface area contributed by atoms with Crippen LogP contribution in [0.2, 0.25) is 0 Å². The fourth-order valence-electron chi connectivity index (χ4n) is 1.42. The van der Waals surface area contributed by atoms with Crippen LogP contribution < -0.4 is 5.32 Å². The molecule has 0 aliphatic carbocycles. The molecule has 14 heavy (non-hydrogen) atoms. The Balaban J connectivity index is 2.60. The molecule has 4 nitrogen and oxygen atoms in total. The van der Waals surface area contributed by atoms with Crippen molar-refractivity contribution in [3.05, 3.63) is 12.2 Å². The zero-order chi connectivity index (χ0) is 10.4. The molecular weight excluding hydrogens is 200 g/mol. The maximum Gasteiger partial charge on any atom is 0.217 e. The minimum absolute atomic E-state index is 0.128. The van der Waals surface area contributed by atoms with E-state index in [1.54, 1.807) is 16.5 Å². The number of hydrogen-bond acceptors (Lipinski definition) is 3. The fraction of sp³-hybridized carbons (Fsp3) is 0.778. The van der Waals surface area contributed by atoms with Gasteiger partial charge in [0.15, 0.2) is 0 Å². The van der Waals surface area contributed by atoms with E-state index >= 15 is 0 Å². The lowest BCUT2D eigenvalue weighted by atomic mass is 10.4. The largest absolute Gasteiger partial charge is 0.315 e. The van der Waals surface area contributed by atoms with E-state index in [4.69, 9.17) is 0 Å². The van der Waals surface area contributed by atoms with Crippen LogP contribution in [0.15, 0.2) is 12.2 Å². The molecule has 1 N–H and O–H groups in total. The number of nitrogens with zero attached hydrogens (tertiary/aromatic N) is 1. The van der Waals surface area contributed by atoms with Crippen molar-refractivity contribution < 1.29 is 8.42 Å². The van der Waals surface area contributed by atoms with Crippen molar-refractivity contribution >= 4 is 10.0 Å². The standard InChI is InChI=1S/C9H18N2O2S/c1-2-3-9-14(12,13)11-7-4-5-10-6-8-11/h2-3,10H,4-9H2,1H3/b3-2+. The monoisotopic (exact) mass is 218 g/mol. The molecule has 0 aromatic carbocycles. The summed E-state index contributed by atoms with van der Waals surface area (Å²) >= 11 is 0. The van der Waals surface area contributed by atoms with Crippen LogP contribution in [0.4, 0.5) is 0 Å². The van der Waals surface area contributed by atoms with Crippen LogP contribution in [0.5, 0.6) is 0 Å². The van der Waals surface area contributed by atoms with Crippen molar-refractivity contribution in [3.63, 3.8) is 0 Å². The number of nitrogens with one attached hydrogen (secondary N) is 1. The Morgan fingerprint density at radius 2 is 2.14 bits per heavy atom. The smallest absolute Gasteiger partial charge is 0.217 e. The van der Waals surface area contributed by atoms with Crippen molar-refractivity contribution in [2.75, 3.05) is 31.9 Å². The van der Waals surface area contributed by atoms with E-state index in [2.05, 4.69) is 5.32 Å². The quantitative estimate of drug-likeness (QED) is 0.688. The third-order valence-corrected chi connectivity index (χ3v) is 4.00. The van der Waals surface area contributed by atoms with Gasteiger partial charge in [-0.15, -0.1) is 0 Å². The molecular formula is C9H18N2O2S. The zero-order valence-corrected chi connectivity index (χ0v) is 9.39. The molecule has 0 aromatic rings. The third-order valence-electron chi connectivity index (χ3n) is 2.23. The number of sulfonamides is 1. The number of hydrogen-bond donors (Lipinski definition) is 1. The van der Waals surface area contributed by atoms with E-state index in [1.165, 1.54) is 0 Å². The average molecular weight is 218 g/mol. The van der Waals surface area contributed by atoms with Gasteiger partial charge in [-0.2, -0.15) is 0 Å². The second-order valence-corrected chi connectivity index (χ2v) is 5.36. The van der Waals surface area contributed by atoms with Crippen LogP contribution in [-0.2, 0) is 10.0 Å². The second kappa shape index (κ2) is 5.48. The van der Waals surface area contributed by atoms with Gasteiger partial charge in [0.05, 0.1) is 5.75 Å². The normalized spacial score (nSPS) is 21.2. The maximum atomic E-state index is 11.7. The molecule has 0 saturated carbocycles. The van der Waals surface area contributed by atoms with E-state index in [-0.39, 0.29) is 5.75 Å². The molecule has 0 bridgehead atoms. The first-order valence-corrected chi connectivity index (χ1v) is 6.57. The Labute approximate surface area is 86.0 Å². The maximum absolute atomic E-state index is 11.7. The second-order valence-electron chi connectivity index (χ2n) is 3.35. The highest BCUT2D eigenvalue weighted by Crippen LogP contribution is 2.04. The Bertz CT molecular complexity index is 277. The van der Waals surface area contributed by atoms with Crippen LogP contribution in [0, 0.1) is 0 Å². The van der Waals surface area contributed by atoms with E-state index in [1.807, 2.05) is 6.92 Å². The molecule has 0 spiro atoms. The van der Waals surface area contributed by atoms with Gasteiger partial charge in [-0.1, -0.05) is 12.2 Å². The topological polar surface area (TPSA) is 49.4 Å². The Hall–Kier alpha value is -0.390. The van der Waals surface area contributed by atoms with Crippen LogP contribution in [0.3, 0.4) is 0 Å². The van der Waals surface area contributed by atoms with Gasteiger partial charge in [0.1, 0.15) is 0 Å². The predicted molar refractivity (Wildman–Crippen MR) is 57.7 cm³/mol. The van der Waals surface area contributed by atoms with Crippen molar-refractivity contribution in [3.8, 4) is 0 Å². The van der Waals surface area contributed by atoms with E-state index in [0.29, 0.717) is 13.1 Å². The number of allylic oxidation sites excluding steroid dienone is 1. The molecule has 1 heterocycles. The van der Waals surface area contributed by atoms with Gasteiger partial charge in [0.2, 0.25) is 10.0 Å². The zero-order valence-electron chi connectivity index (χ0n) is 8.57. The summed E-state index contributed by atoms with van der Waals surface area (Å²) in [5.74, 6) is 0.128. The summed E-state index contributed by atoms with van der Waals surface area (Å²) < 4.78 is 25.1. The molecule has 5 heteroatoms. The minimum atomic E-state index is -3.06. The average Bonchev–Trinajstić information content (AvgIpc) is 2.43. The molecule has 1 rings (SSSR count). The SMILES string of the molecule is C/C=C/CS(=O)(=O)N1CCCNCC1. The molecule has 1 aliphatic rings. The van der Waals surface area contributed by atoms with Gasteiger partial charge in [0, 0.05) is 19.6 Å². The molecule has 0 radical (unpaired) electrons. The van der Waals surface area contributed by atoms with Crippen LogP contribution in [0.1, 0.15) is 13.3 Å². The summed E-state index contributed by atoms with van der Waals surface area (Å²) in [7, 11) is -3.06. The molecule has 82 valence electrons. The van der Waals surface area contributed by atoms with E-state index < -0.39 is 10.0 Å². The third kappa shape index (κ3) is 3.40. The Kier molecular flexibility index (Phi) is 4.57. The lowest BCUT2D eigenvalue weighted by molar-refractivity contribution is 0.434. The van der Waals surface area contributed by atoms with Gasteiger partial charge < -0.3 is 5.32 Å². The van der Waals surface area contributed by atoms with Gasteiger partial charge in [-0.3, -0.25) is 0 Å². The van der Waals surface area contributed by atoms with Crippen molar-refractivity contribution in [1.82, 2.24) is 9.62 Å². The van der Waals surface area contributed by atoms with Crippen molar-refractivity contribution in [2.45, 2.75) is 13.3 Å². The molecule has 0 aromatic heterocycles. The van der Waals surface area contributed by atoms with Gasteiger partial charge in [-0.25, -0.2) is 12.7 Å². The summed E-state index contributed by atoms with van der Waals surface area (Å²) in [6, 6.07) is 0. The molecule has 0 atom stereocenters. The van der Waals surface area contributed by atoms with Crippen LogP contribution in [-0.4, -0.2) is 44.7 Å². The highest BCUT2D eigenvalue weighted by molar-refractivity contribution is 7.89. The summed E-state index contributed by atoms with van der Waals surface area (Å²) in [6.45, 7) is 4.75. The van der Waals surface area contributed by atoms with Crippen LogP contribution in [0.25, 0.3) is 0 Å². The minimum Gasteiger partial charge on any atom is -0.315 e. The van der Waals surface area contributed by atoms with Crippen molar-refractivity contribution in [2.24, 2.45) is 0 Å². The van der Waals surface area contributed by atoms with Gasteiger partial charge >= 0.3 is 0 Å². The molecule has 1 fully saturated rings. The van der Waals surface area contributed by atoms with Gasteiger partial charge in [0.25, 0.3) is 0 Å². The summed E-state index contributed by atoms with van der Waals surface area (Å²) in [5, 5.41) is 3.18. The summed E-state index contributed by atoms with van der Waals surface area (Å²) in [6.07, 6.45) is 4.36. The first kappa shape index (κ1) is 11.7. The number of rotatable bonds is 3. The molecule has 1 saturated heterocycles. The van der Waals surface area contributed by atoms with E-state index in [0.717, 1.165) is 19.5 Å². The van der Waals surface area contributed by atoms with Crippen LogP contribution >= 0.6 is 0 Å². The van der Waals surface area contributed by atoms with E-state index in [9.17, 15) is 8.42 Å². The molecule has 1 aliphatic heterocycles. The Morgan fingerprint density at radius 1 is 1.36 bits per heavy atom. The first-order valence-electron chi connectivity index (χ1n) is 4.96. The lowest BCUT2D eigenvalue weighted by Gasteiger charge is -2.18.